The molecule has 436 valence electrons. The number of unbranched alkanes of at least 4 members (excludes halogenated alkanes) is 23. The zero-order valence-corrected chi connectivity index (χ0v) is 50.3. The largest absolute Gasteiger partial charge is 0.756 e. The minimum absolute atomic E-state index is 0.0379. The van der Waals surface area contributed by atoms with E-state index in [9.17, 15) is 19.0 Å². The monoisotopic (exact) mass is 1080 g/mol. The maximum atomic E-state index is 12.8. The van der Waals surface area contributed by atoms with Crippen molar-refractivity contribution in [1.82, 2.24) is 0 Å². The van der Waals surface area contributed by atoms with Crippen LogP contribution in [0.15, 0.2) is 109 Å². The molecule has 0 aromatic heterocycles. The summed E-state index contributed by atoms with van der Waals surface area (Å²) in [6.07, 6.45) is 78.4. The van der Waals surface area contributed by atoms with E-state index in [1.165, 1.54) is 103 Å². The first kappa shape index (κ1) is 72.7. The van der Waals surface area contributed by atoms with E-state index in [1.807, 2.05) is 21.1 Å². The summed E-state index contributed by atoms with van der Waals surface area (Å²) in [6, 6.07) is 0. The Morgan fingerprint density at radius 3 is 1.12 bits per heavy atom. The van der Waals surface area contributed by atoms with Crippen LogP contribution in [-0.4, -0.2) is 70.0 Å². The molecule has 0 aliphatic rings. The van der Waals surface area contributed by atoms with Crippen LogP contribution in [-0.2, 0) is 32.7 Å². The standard InChI is InChI=1S/C66H114NO8P/c1-6-8-10-12-14-16-18-20-22-24-26-28-29-30-31-32-33-34-35-36-37-39-41-43-45-47-49-51-53-55-57-59-66(69)75-64(63-74-76(70,71)73-61-60-67(3,4)5)62-72-65(68)58-56-54-52-50-48-46-44-42-40-38-27-25-23-21-19-17-15-13-11-9-7-2/h8,10,14,16,19-22,25-28,30-31,33-34,36-37,64H,6-7,9,11-13,15,17-18,23-24,29,32,35,38-63H2,1-5H3/b10-8-,16-14-,21-19-,22-20-,27-25-,28-26-,31-30-,34-33-,37-36-. The number of hydrogen-bond acceptors (Lipinski definition) is 8. The van der Waals surface area contributed by atoms with Gasteiger partial charge in [-0.1, -0.05) is 239 Å². The molecule has 0 amide bonds. The first-order valence-corrected chi connectivity index (χ1v) is 32.1. The number of likely N-dealkylation sites (N-methyl/N-ethyl adjacent to an activating group) is 1. The lowest BCUT2D eigenvalue weighted by molar-refractivity contribution is -0.870. The number of quaternary nitrogens is 1. The average molecular weight is 1080 g/mol. The molecule has 0 bridgehead atoms. The molecule has 9 nitrogen and oxygen atoms in total. The molecule has 2 atom stereocenters. The van der Waals surface area contributed by atoms with Crippen molar-refractivity contribution in [2.75, 3.05) is 47.5 Å². The number of rotatable bonds is 55. The van der Waals surface area contributed by atoms with Crippen LogP contribution in [0.25, 0.3) is 0 Å². The van der Waals surface area contributed by atoms with Crippen molar-refractivity contribution in [1.29, 1.82) is 0 Å². The molecule has 0 N–H and O–H groups in total. The van der Waals surface area contributed by atoms with E-state index in [1.54, 1.807) is 0 Å². The first-order valence-electron chi connectivity index (χ1n) is 30.6. The Hall–Kier alpha value is -3.33. The lowest BCUT2D eigenvalue weighted by atomic mass is 10.1. The highest BCUT2D eigenvalue weighted by Gasteiger charge is 2.22. The van der Waals surface area contributed by atoms with Crippen LogP contribution < -0.4 is 4.89 Å². The fourth-order valence-electron chi connectivity index (χ4n) is 8.08. The van der Waals surface area contributed by atoms with Gasteiger partial charge in [-0.3, -0.25) is 14.2 Å². The van der Waals surface area contributed by atoms with Gasteiger partial charge >= 0.3 is 11.9 Å². The smallest absolute Gasteiger partial charge is 0.306 e. The van der Waals surface area contributed by atoms with Gasteiger partial charge in [0.15, 0.2) is 6.10 Å². The Labute approximate surface area is 467 Å². The SMILES string of the molecule is CC/C=C\C/C=C\C/C=C\C/C=C\C/C=C\C/C=C\C/C=C\CCCCCCCCCCCC(=O)OC(COC(=O)CCCCCCCCCCC/C=C\C/C=C\CCCCCCC)COP(=O)([O-])OCC[N+](C)(C)C. The van der Waals surface area contributed by atoms with E-state index < -0.39 is 32.5 Å². The fourth-order valence-corrected chi connectivity index (χ4v) is 8.81. The van der Waals surface area contributed by atoms with Crippen molar-refractivity contribution in [3.8, 4) is 0 Å². The van der Waals surface area contributed by atoms with E-state index in [2.05, 4.69) is 123 Å². The van der Waals surface area contributed by atoms with Gasteiger partial charge in [0.05, 0.1) is 27.7 Å². The van der Waals surface area contributed by atoms with E-state index >= 15 is 0 Å². The zero-order chi connectivity index (χ0) is 55.6. The van der Waals surface area contributed by atoms with Gasteiger partial charge in [0.1, 0.15) is 19.8 Å². The molecule has 76 heavy (non-hydrogen) atoms. The predicted molar refractivity (Wildman–Crippen MR) is 323 cm³/mol. The summed E-state index contributed by atoms with van der Waals surface area (Å²) in [7, 11) is 1.15. The van der Waals surface area contributed by atoms with Crippen LogP contribution in [0, 0.1) is 0 Å². The number of esters is 2. The first-order chi connectivity index (χ1) is 37.0. The Bertz CT molecular complexity index is 1650. The van der Waals surface area contributed by atoms with Gasteiger partial charge in [-0.15, -0.1) is 0 Å². The topological polar surface area (TPSA) is 111 Å². The van der Waals surface area contributed by atoms with Crippen LogP contribution in [0.5, 0.6) is 0 Å². The van der Waals surface area contributed by atoms with Crippen molar-refractivity contribution in [3.63, 3.8) is 0 Å². The van der Waals surface area contributed by atoms with E-state index in [0.717, 1.165) is 109 Å². The molecule has 0 saturated carbocycles. The van der Waals surface area contributed by atoms with E-state index in [0.29, 0.717) is 17.4 Å². The molecule has 0 spiro atoms. The van der Waals surface area contributed by atoms with Crippen molar-refractivity contribution in [3.05, 3.63) is 109 Å². The normalized spacial score (nSPS) is 14.0. The second kappa shape index (κ2) is 56.4. The molecule has 10 heteroatoms. The fraction of sp³-hybridized carbons (Fsp3) is 0.697. The third-order valence-electron chi connectivity index (χ3n) is 12.8. The van der Waals surface area contributed by atoms with Crippen LogP contribution in [0.3, 0.4) is 0 Å². The highest BCUT2D eigenvalue weighted by atomic mass is 31.2. The molecule has 0 aromatic carbocycles. The number of allylic oxidation sites excluding steroid dienone is 18. The van der Waals surface area contributed by atoms with Crippen molar-refractivity contribution < 1.29 is 42.1 Å². The summed E-state index contributed by atoms with van der Waals surface area (Å²) in [5.41, 5.74) is 0. The molecule has 0 saturated heterocycles. The molecule has 2 unspecified atom stereocenters. The second-order valence-corrected chi connectivity index (χ2v) is 22.7. The Morgan fingerprint density at radius 1 is 0.421 bits per heavy atom. The maximum absolute atomic E-state index is 12.8. The quantitative estimate of drug-likeness (QED) is 0.0195. The number of phosphoric ester groups is 1. The minimum atomic E-state index is -4.65. The van der Waals surface area contributed by atoms with Gasteiger partial charge in [-0.05, 0) is 103 Å². The zero-order valence-electron chi connectivity index (χ0n) is 49.4. The highest BCUT2D eigenvalue weighted by Crippen LogP contribution is 2.38. The average Bonchev–Trinajstić information content (AvgIpc) is 3.38. The lowest BCUT2D eigenvalue weighted by Gasteiger charge is -2.28. The summed E-state index contributed by atoms with van der Waals surface area (Å²) in [6.45, 7) is 4.10. The summed E-state index contributed by atoms with van der Waals surface area (Å²) < 4.78 is 34.2. The second-order valence-electron chi connectivity index (χ2n) is 21.3. The van der Waals surface area contributed by atoms with Crippen LogP contribution >= 0.6 is 7.82 Å². The van der Waals surface area contributed by atoms with Gasteiger partial charge in [-0.25, -0.2) is 0 Å². The van der Waals surface area contributed by atoms with E-state index in [-0.39, 0.29) is 26.1 Å². The number of ether oxygens (including phenoxy) is 2. The molecule has 0 rings (SSSR count). The third kappa shape index (κ3) is 59.9. The summed E-state index contributed by atoms with van der Waals surface area (Å²) in [5.74, 6) is -0.848. The number of phosphoric acid groups is 1. The predicted octanol–water partition coefficient (Wildman–Crippen LogP) is 18.7. The Morgan fingerprint density at radius 2 is 0.750 bits per heavy atom. The summed E-state index contributed by atoms with van der Waals surface area (Å²) >= 11 is 0. The van der Waals surface area contributed by atoms with Crippen LogP contribution in [0.4, 0.5) is 0 Å². The summed E-state index contributed by atoms with van der Waals surface area (Å²) in [5, 5.41) is 0. The van der Waals surface area contributed by atoms with Gasteiger partial charge in [0, 0.05) is 12.8 Å². The van der Waals surface area contributed by atoms with Gasteiger partial charge in [-0.2, -0.15) is 0 Å². The number of carbonyl (C=O) groups excluding carboxylic acids is 2. The Balaban J connectivity index is 4.18. The van der Waals surface area contributed by atoms with Crippen LogP contribution in [0.2, 0.25) is 0 Å². The summed E-state index contributed by atoms with van der Waals surface area (Å²) in [4.78, 5) is 37.9. The maximum Gasteiger partial charge on any atom is 0.306 e. The third-order valence-corrected chi connectivity index (χ3v) is 13.7. The molecule has 0 aliphatic carbocycles. The van der Waals surface area contributed by atoms with E-state index in [4.69, 9.17) is 18.5 Å². The lowest BCUT2D eigenvalue weighted by Crippen LogP contribution is -2.37. The number of carbonyl (C=O) groups is 2. The highest BCUT2D eigenvalue weighted by molar-refractivity contribution is 7.45. The molecular weight excluding hydrogens is 966 g/mol. The van der Waals surface area contributed by atoms with Gasteiger partial charge < -0.3 is 27.9 Å². The number of nitrogens with zero attached hydrogens (tertiary/aromatic N) is 1. The number of hydrogen-bond donors (Lipinski definition) is 0. The molecule has 0 heterocycles. The van der Waals surface area contributed by atoms with Crippen molar-refractivity contribution in [2.45, 2.75) is 251 Å². The molecule has 0 radical (unpaired) electrons. The van der Waals surface area contributed by atoms with Gasteiger partial charge in [0.25, 0.3) is 7.82 Å². The molecule has 0 aromatic rings. The van der Waals surface area contributed by atoms with Crippen molar-refractivity contribution in [2.24, 2.45) is 0 Å². The molecular formula is C66H114NO8P. The Kier molecular flexibility index (Phi) is 53.9. The van der Waals surface area contributed by atoms with Crippen molar-refractivity contribution >= 4 is 19.8 Å². The van der Waals surface area contributed by atoms with Crippen LogP contribution in [0.1, 0.15) is 245 Å². The minimum Gasteiger partial charge on any atom is -0.756 e. The van der Waals surface area contributed by atoms with Gasteiger partial charge in [0.2, 0.25) is 0 Å². The molecule has 0 fully saturated rings. The molecule has 0 aliphatic heterocycles.